The molecule has 0 bridgehead atoms. The van der Waals surface area contributed by atoms with E-state index in [2.05, 4.69) is 0 Å². The Bertz CT molecular complexity index is 511. The van der Waals surface area contributed by atoms with E-state index in [1.54, 1.807) is 24.3 Å². The number of rotatable bonds is 3. The lowest BCUT2D eigenvalue weighted by Gasteiger charge is -2.06. The third-order valence-corrected chi connectivity index (χ3v) is 2.52. The summed E-state index contributed by atoms with van der Waals surface area (Å²) in [5.41, 5.74) is 0.800. The van der Waals surface area contributed by atoms with Crippen molar-refractivity contribution in [2.45, 2.75) is 6.61 Å². The lowest BCUT2D eigenvalue weighted by atomic mass is 10.2. The van der Waals surface area contributed by atoms with Gasteiger partial charge in [0.15, 0.2) is 0 Å². The SMILES string of the molecule is OCc1ccc(Oc2ccc(F)c(Cl)c2)cc1. The van der Waals surface area contributed by atoms with Gasteiger partial charge in [0.1, 0.15) is 17.3 Å². The molecule has 0 aliphatic heterocycles. The highest BCUT2D eigenvalue weighted by Gasteiger charge is 2.02. The minimum absolute atomic E-state index is 0.0113. The van der Waals surface area contributed by atoms with Crippen molar-refractivity contribution in [2.24, 2.45) is 0 Å². The van der Waals surface area contributed by atoms with Gasteiger partial charge in [-0.1, -0.05) is 23.7 Å². The molecule has 0 saturated carbocycles. The molecule has 0 spiro atoms. The fraction of sp³-hybridized carbons (Fsp3) is 0.0769. The van der Waals surface area contributed by atoms with Crippen molar-refractivity contribution in [1.29, 1.82) is 0 Å². The van der Waals surface area contributed by atoms with Gasteiger partial charge in [-0.3, -0.25) is 0 Å². The van der Waals surface area contributed by atoms with Gasteiger partial charge in [-0.05, 0) is 29.8 Å². The molecule has 0 saturated heterocycles. The van der Waals surface area contributed by atoms with Crippen LogP contribution in [0.4, 0.5) is 4.39 Å². The zero-order chi connectivity index (χ0) is 12.3. The molecule has 2 aromatic rings. The predicted octanol–water partition coefficient (Wildman–Crippen LogP) is 3.76. The molecule has 1 N–H and O–H groups in total. The highest BCUT2D eigenvalue weighted by Crippen LogP contribution is 2.26. The lowest BCUT2D eigenvalue weighted by Crippen LogP contribution is -1.87. The summed E-state index contributed by atoms with van der Waals surface area (Å²) in [7, 11) is 0. The second-order valence-corrected chi connectivity index (χ2v) is 3.89. The Hall–Kier alpha value is -1.58. The summed E-state index contributed by atoms with van der Waals surface area (Å²) in [5.74, 6) is 0.590. The van der Waals surface area contributed by atoms with Gasteiger partial charge >= 0.3 is 0 Å². The van der Waals surface area contributed by atoms with Crippen molar-refractivity contribution >= 4 is 11.6 Å². The average Bonchev–Trinajstić information content (AvgIpc) is 2.35. The quantitative estimate of drug-likeness (QED) is 0.901. The van der Waals surface area contributed by atoms with Crippen molar-refractivity contribution in [1.82, 2.24) is 0 Å². The van der Waals surface area contributed by atoms with Crippen molar-refractivity contribution in [3.8, 4) is 11.5 Å². The number of benzene rings is 2. The van der Waals surface area contributed by atoms with Gasteiger partial charge in [0.25, 0.3) is 0 Å². The Balaban J connectivity index is 2.16. The van der Waals surface area contributed by atoms with Crippen LogP contribution in [0.5, 0.6) is 11.5 Å². The van der Waals surface area contributed by atoms with Crippen LogP contribution in [0.25, 0.3) is 0 Å². The molecular formula is C13H10ClFO2. The molecule has 0 aliphatic carbocycles. The molecule has 0 amide bonds. The van der Waals surface area contributed by atoms with Gasteiger partial charge in [-0.15, -0.1) is 0 Å². The van der Waals surface area contributed by atoms with Gasteiger partial charge in [0.2, 0.25) is 0 Å². The summed E-state index contributed by atoms with van der Waals surface area (Å²) in [6, 6.07) is 11.1. The van der Waals surface area contributed by atoms with Gasteiger partial charge < -0.3 is 9.84 Å². The second kappa shape index (κ2) is 5.17. The van der Waals surface area contributed by atoms with Gasteiger partial charge in [-0.25, -0.2) is 4.39 Å². The van der Waals surface area contributed by atoms with E-state index in [4.69, 9.17) is 21.4 Å². The van der Waals surface area contributed by atoms with Crippen LogP contribution in [0.1, 0.15) is 5.56 Å². The van der Waals surface area contributed by atoms with Crippen LogP contribution in [0, 0.1) is 5.82 Å². The molecule has 88 valence electrons. The fourth-order valence-electron chi connectivity index (χ4n) is 1.34. The van der Waals surface area contributed by atoms with E-state index in [1.807, 2.05) is 0 Å². The summed E-state index contributed by atoms with van der Waals surface area (Å²) in [4.78, 5) is 0. The molecule has 2 nitrogen and oxygen atoms in total. The van der Waals surface area contributed by atoms with E-state index >= 15 is 0 Å². The zero-order valence-electron chi connectivity index (χ0n) is 8.86. The normalized spacial score (nSPS) is 10.3. The summed E-state index contributed by atoms with van der Waals surface area (Å²) in [6.07, 6.45) is 0. The van der Waals surface area contributed by atoms with Gasteiger partial charge in [0.05, 0.1) is 11.6 Å². The third kappa shape index (κ3) is 2.96. The standard InChI is InChI=1S/C13H10ClFO2/c14-12-7-11(5-6-13(12)15)17-10-3-1-9(8-16)2-4-10/h1-7,16H,8H2. The summed E-state index contributed by atoms with van der Waals surface area (Å²) in [6.45, 7) is -0.0113. The average molecular weight is 253 g/mol. The molecule has 17 heavy (non-hydrogen) atoms. The molecule has 0 heterocycles. The minimum Gasteiger partial charge on any atom is -0.457 e. The number of hydrogen-bond acceptors (Lipinski definition) is 2. The maximum atomic E-state index is 12.9. The smallest absolute Gasteiger partial charge is 0.142 e. The molecule has 4 heteroatoms. The number of aliphatic hydroxyl groups is 1. The van der Waals surface area contributed by atoms with Crippen LogP contribution in [0.2, 0.25) is 5.02 Å². The predicted molar refractivity (Wildman–Crippen MR) is 63.8 cm³/mol. The largest absolute Gasteiger partial charge is 0.457 e. The molecule has 2 rings (SSSR count). The summed E-state index contributed by atoms with van der Waals surface area (Å²) < 4.78 is 18.4. The first-order valence-corrected chi connectivity index (χ1v) is 5.39. The fourth-order valence-corrected chi connectivity index (χ4v) is 1.51. The minimum atomic E-state index is -0.477. The van der Waals surface area contributed by atoms with E-state index in [-0.39, 0.29) is 11.6 Å². The van der Waals surface area contributed by atoms with Crippen molar-refractivity contribution in [3.63, 3.8) is 0 Å². The first-order chi connectivity index (χ1) is 8.19. The Morgan fingerprint density at radius 2 is 1.71 bits per heavy atom. The Morgan fingerprint density at radius 1 is 1.06 bits per heavy atom. The summed E-state index contributed by atoms with van der Waals surface area (Å²) in [5, 5.41) is 8.91. The Morgan fingerprint density at radius 3 is 2.29 bits per heavy atom. The second-order valence-electron chi connectivity index (χ2n) is 3.48. The lowest BCUT2D eigenvalue weighted by molar-refractivity contribution is 0.281. The monoisotopic (exact) mass is 252 g/mol. The molecule has 0 unspecified atom stereocenters. The molecule has 0 aliphatic rings. The molecule has 0 fully saturated rings. The third-order valence-electron chi connectivity index (χ3n) is 2.23. The topological polar surface area (TPSA) is 29.5 Å². The van der Waals surface area contributed by atoms with E-state index in [9.17, 15) is 4.39 Å². The van der Waals surface area contributed by atoms with Crippen molar-refractivity contribution in [2.75, 3.05) is 0 Å². The molecule has 0 atom stereocenters. The van der Waals surface area contributed by atoms with Crippen LogP contribution in [-0.2, 0) is 6.61 Å². The molecule has 0 radical (unpaired) electrons. The Kier molecular flexibility index (Phi) is 3.61. The van der Waals surface area contributed by atoms with Crippen LogP contribution in [-0.4, -0.2) is 5.11 Å². The number of halogens is 2. The van der Waals surface area contributed by atoms with Crippen LogP contribution in [0.3, 0.4) is 0 Å². The zero-order valence-corrected chi connectivity index (χ0v) is 9.62. The Labute approximate surface area is 103 Å². The summed E-state index contributed by atoms with van der Waals surface area (Å²) >= 11 is 5.64. The highest BCUT2D eigenvalue weighted by molar-refractivity contribution is 6.30. The molecule has 2 aromatic carbocycles. The highest BCUT2D eigenvalue weighted by atomic mass is 35.5. The van der Waals surface area contributed by atoms with E-state index < -0.39 is 5.82 Å². The number of aliphatic hydroxyl groups excluding tert-OH is 1. The van der Waals surface area contributed by atoms with Crippen molar-refractivity contribution < 1.29 is 14.2 Å². The van der Waals surface area contributed by atoms with Crippen molar-refractivity contribution in [3.05, 3.63) is 58.9 Å². The maximum Gasteiger partial charge on any atom is 0.142 e. The van der Waals surface area contributed by atoms with Gasteiger partial charge in [0, 0.05) is 6.07 Å². The molecular weight excluding hydrogens is 243 g/mol. The van der Waals surface area contributed by atoms with Crippen LogP contribution >= 0.6 is 11.6 Å². The van der Waals surface area contributed by atoms with Crippen LogP contribution in [0.15, 0.2) is 42.5 Å². The van der Waals surface area contributed by atoms with Gasteiger partial charge in [-0.2, -0.15) is 0 Å². The number of ether oxygens (including phenoxy) is 1. The molecule has 0 aromatic heterocycles. The van der Waals surface area contributed by atoms with E-state index in [0.29, 0.717) is 11.5 Å². The first-order valence-electron chi connectivity index (χ1n) is 5.02. The maximum absolute atomic E-state index is 12.9. The number of hydrogen-bond donors (Lipinski definition) is 1. The first kappa shape index (κ1) is 11.9. The van der Waals surface area contributed by atoms with E-state index in [0.717, 1.165) is 5.56 Å². The van der Waals surface area contributed by atoms with E-state index in [1.165, 1.54) is 18.2 Å². The van der Waals surface area contributed by atoms with Crippen LogP contribution < -0.4 is 4.74 Å².